The lowest BCUT2D eigenvalue weighted by molar-refractivity contribution is -0.113. The van der Waals surface area contributed by atoms with Crippen molar-refractivity contribution in [3.05, 3.63) is 95.8 Å². The molecule has 0 saturated carbocycles. The standard InChI is InChI=1S/C25H24N4O3S2/c1-18-13-14-22(19(2)15-18)26-24(30)16-33-25-28-27-23(29(25)20-9-5-3-6-10-20)17-34(31,32)21-11-7-4-8-12-21/h3-15H,16-17H2,1-2H3,(H,26,30). The molecule has 0 fully saturated rings. The van der Waals surface area contributed by atoms with E-state index in [1.54, 1.807) is 34.9 Å². The second-order valence-corrected chi connectivity index (χ2v) is 10.7. The highest BCUT2D eigenvalue weighted by Crippen LogP contribution is 2.25. The number of thioether (sulfide) groups is 1. The van der Waals surface area contributed by atoms with E-state index >= 15 is 0 Å². The molecule has 9 heteroatoms. The van der Waals surface area contributed by atoms with Crippen LogP contribution in [-0.2, 0) is 20.4 Å². The van der Waals surface area contributed by atoms with E-state index in [1.165, 1.54) is 11.8 Å². The van der Waals surface area contributed by atoms with Gasteiger partial charge in [0.05, 0.1) is 10.6 Å². The molecule has 0 bridgehead atoms. The quantitative estimate of drug-likeness (QED) is 0.362. The van der Waals surface area contributed by atoms with Crippen LogP contribution < -0.4 is 5.32 Å². The highest BCUT2D eigenvalue weighted by atomic mass is 32.2. The topological polar surface area (TPSA) is 94.0 Å². The van der Waals surface area contributed by atoms with Crippen LogP contribution in [0.3, 0.4) is 0 Å². The summed E-state index contributed by atoms with van der Waals surface area (Å²) < 4.78 is 27.6. The molecular formula is C25H24N4O3S2. The predicted octanol–water partition coefficient (Wildman–Crippen LogP) is 4.59. The Kier molecular flexibility index (Phi) is 7.14. The van der Waals surface area contributed by atoms with Crippen LogP contribution in [0, 0.1) is 13.8 Å². The lowest BCUT2D eigenvalue weighted by Crippen LogP contribution is -2.15. The monoisotopic (exact) mass is 492 g/mol. The first kappa shape index (κ1) is 23.7. The maximum Gasteiger partial charge on any atom is 0.234 e. The number of aryl methyl sites for hydroxylation is 2. The molecule has 0 radical (unpaired) electrons. The fourth-order valence-corrected chi connectivity index (χ4v) is 5.51. The van der Waals surface area contributed by atoms with Gasteiger partial charge in [-0.2, -0.15) is 0 Å². The molecule has 4 aromatic rings. The second kappa shape index (κ2) is 10.2. The number of hydrogen-bond acceptors (Lipinski definition) is 6. The van der Waals surface area contributed by atoms with Gasteiger partial charge in [-0.25, -0.2) is 8.42 Å². The van der Waals surface area contributed by atoms with E-state index in [9.17, 15) is 13.2 Å². The number of aromatic nitrogens is 3. The minimum absolute atomic E-state index is 0.101. The summed E-state index contributed by atoms with van der Waals surface area (Å²) in [6.45, 7) is 3.95. The van der Waals surface area contributed by atoms with Crippen LogP contribution in [0.5, 0.6) is 0 Å². The molecule has 0 unspecified atom stereocenters. The van der Waals surface area contributed by atoms with E-state index < -0.39 is 9.84 Å². The summed E-state index contributed by atoms with van der Waals surface area (Å²) in [6, 6.07) is 23.4. The van der Waals surface area contributed by atoms with Gasteiger partial charge in [0.1, 0.15) is 5.75 Å². The van der Waals surface area contributed by atoms with Crippen LogP contribution in [0.25, 0.3) is 5.69 Å². The van der Waals surface area contributed by atoms with E-state index in [4.69, 9.17) is 0 Å². The van der Waals surface area contributed by atoms with Crippen molar-refractivity contribution in [3.63, 3.8) is 0 Å². The van der Waals surface area contributed by atoms with Crippen LogP contribution in [0.1, 0.15) is 17.0 Å². The van der Waals surface area contributed by atoms with Crippen LogP contribution >= 0.6 is 11.8 Å². The molecule has 3 aromatic carbocycles. The zero-order valence-corrected chi connectivity index (χ0v) is 20.4. The number of nitrogens with zero attached hydrogens (tertiary/aromatic N) is 3. The molecule has 0 aliphatic rings. The van der Waals surface area contributed by atoms with Gasteiger partial charge in [-0.05, 0) is 49.7 Å². The Morgan fingerprint density at radius 2 is 1.62 bits per heavy atom. The average molecular weight is 493 g/mol. The van der Waals surface area contributed by atoms with E-state index in [0.29, 0.717) is 5.16 Å². The third-order valence-electron chi connectivity index (χ3n) is 5.12. The van der Waals surface area contributed by atoms with Crippen molar-refractivity contribution >= 4 is 33.2 Å². The molecule has 0 aliphatic heterocycles. The van der Waals surface area contributed by atoms with Crippen molar-refractivity contribution in [1.82, 2.24) is 14.8 Å². The van der Waals surface area contributed by atoms with Gasteiger partial charge in [-0.3, -0.25) is 9.36 Å². The van der Waals surface area contributed by atoms with Gasteiger partial charge in [0.25, 0.3) is 0 Å². The fourth-order valence-electron chi connectivity index (χ4n) is 3.48. The molecule has 0 saturated heterocycles. The number of amides is 1. The van der Waals surface area contributed by atoms with Crippen molar-refractivity contribution < 1.29 is 13.2 Å². The summed E-state index contributed by atoms with van der Waals surface area (Å²) in [5, 5.41) is 11.7. The zero-order chi connectivity index (χ0) is 24.1. The number of sulfone groups is 1. The molecule has 4 rings (SSSR count). The molecule has 0 atom stereocenters. The number of benzene rings is 3. The van der Waals surface area contributed by atoms with Crippen molar-refractivity contribution in [2.75, 3.05) is 11.1 Å². The average Bonchev–Trinajstić information content (AvgIpc) is 3.22. The Morgan fingerprint density at radius 1 is 0.941 bits per heavy atom. The highest BCUT2D eigenvalue weighted by molar-refractivity contribution is 7.99. The smallest absolute Gasteiger partial charge is 0.234 e. The maximum absolute atomic E-state index is 13.0. The number of carbonyl (C=O) groups excluding carboxylic acids is 1. The molecule has 0 spiro atoms. The highest BCUT2D eigenvalue weighted by Gasteiger charge is 2.23. The van der Waals surface area contributed by atoms with Crippen molar-refractivity contribution in [2.24, 2.45) is 0 Å². The SMILES string of the molecule is Cc1ccc(NC(=O)CSc2nnc(CS(=O)(=O)c3ccccc3)n2-c2ccccc2)c(C)c1. The number of rotatable bonds is 8. The minimum Gasteiger partial charge on any atom is -0.325 e. The normalized spacial score (nSPS) is 11.4. The van der Waals surface area contributed by atoms with Gasteiger partial charge >= 0.3 is 0 Å². The first-order chi connectivity index (χ1) is 16.3. The van der Waals surface area contributed by atoms with Gasteiger partial charge in [-0.1, -0.05) is 65.9 Å². The minimum atomic E-state index is -3.62. The van der Waals surface area contributed by atoms with E-state index in [2.05, 4.69) is 15.5 Å². The van der Waals surface area contributed by atoms with Gasteiger partial charge in [-0.15, -0.1) is 10.2 Å². The van der Waals surface area contributed by atoms with Crippen LogP contribution in [0.2, 0.25) is 0 Å². The third kappa shape index (κ3) is 5.55. The summed E-state index contributed by atoms with van der Waals surface area (Å²) in [5.74, 6) is -0.108. The molecule has 34 heavy (non-hydrogen) atoms. The fraction of sp³-hybridized carbons (Fsp3) is 0.160. The van der Waals surface area contributed by atoms with Crippen LogP contribution in [0.4, 0.5) is 5.69 Å². The molecule has 174 valence electrons. The molecule has 0 aliphatic carbocycles. The van der Waals surface area contributed by atoms with Crippen LogP contribution in [0.15, 0.2) is 88.9 Å². The number of anilines is 1. The van der Waals surface area contributed by atoms with E-state index in [-0.39, 0.29) is 28.1 Å². The Bertz CT molecular complexity index is 1400. The lowest BCUT2D eigenvalue weighted by Gasteiger charge is -2.11. The zero-order valence-electron chi connectivity index (χ0n) is 18.8. The first-order valence-electron chi connectivity index (χ1n) is 10.6. The van der Waals surface area contributed by atoms with E-state index in [1.807, 2.05) is 62.4 Å². The first-order valence-corrected chi connectivity index (χ1v) is 13.2. The van der Waals surface area contributed by atoms with Crippen molar-refractivity contribution in [1.29, 1.82) is 0 Å². The Hall–Kier alpha value is -3.43. The summed E-state index contributed by atoms with van der Waals surface area (Å²) in [7, 11) is -3.62. The molecule has 1 aromatic heterocycles. The number of hydrogen-bond donors (Lipinski definition) is 1. The van der Waals surface area contributed by atoms with Gasteiger partial charge in [0.2, 0.25) is 5.91 Å². The number of nitrogens with one attached hydrogen (secondary N) is 1. The molecule has 1 amide bonds. The summed E-state index contributed by atoms with van der Waals surface area (Å²) in [6.07, 6.45) is 0. The Balaban J connectivity index is 1.57. The maximum atomic E-state index is 13.0. The molecular weight excluding hydrogens is 468 g/mol. The number of carbonyl (C=O) groups is 1. The molecule has 1 N–H and O–H groups in total. The van der Waals surface area contributed by atoms with Gasteiger partial charge < -0.3 is 5.32 Å². The lowest BCUT2D eigenvalue weighted by atomic mass is 10.1. The summed E-state index contributed by atoms with van der Waals surface area (Å²) in [4.78, 5) is 12.8. The van der Waals surface area contributed by atoms with Crippen LogP contribution in [-0.4, -0.2) is 34.8 Å². The van der Waals surface area contributed by atoms with E-state index in [0.717, 1.165) is 22.5 Å². The Labute approximate surface area is 203 Å². The van der Waals surface area contributed by atoms with Crippen molar-refractivity contribution in [2.45, 2.75) is 29.7 Å². The summed E-state index contributed by atoms with van der Waals surface area (Å²) in [5.41, 5.74) is 3.59. The van der Waals surface area contributed by atoms with Gasteiger partial charge in [0, 0.05) is 11.4 Å². The second-order valence-electron chi connectivity index (χ2n) is 7.80. The summed E-state index contributed by atoms with van der Waals surface area (Å²) >= 11 is 1.20. The van der Waals surface area contributed by atoms with Gasteiger partial charge in [0.15, 0.2) is 20.8 Å². The van der Waals surface area contributed by atoms with Crippen molar-refractivity contribution in [3.8, 4) is 5.69 Å². The predicted molar refractivity (Wildman–Crippen MR) is 134 cm³/mol. The largest absolute Gasteiger partial charge is 0.325 e. The molecule has 7 nitrogen and oxygen atoms in total. The third-order valence-corrected chi connectivity index (χ3v) is 7.68. The molecule has 1 heterocycles. The Morgan fingerprint density at radius 3 is 2.29 bits per heavy atom. The number of para-hydroxylation sites is 1.